The third-order valence-corrected chi connectivity index (χ3v) is 3.18. The molecule has 0 aliphatic carbocycles. The van der Waals surface area contributed by atoms with Gasteiger partial charge in [-0.2, -0.15) is 4.98 Å². The van der Waals surface area contributed by atoms with Crippen LogP contribution in [-0.2, 0) is 0 Å². The normalized spacial score (nSPS) is 19.2. The number of likely N-dealkylation sites (N-methyl/N-ethyl adjacent to an activating group) is 1. The maximum Gasteiger partial charge on any atom is 0.224 e. The number of aliphatic hydroxyl groups is 1. The maximum atomic E-state index is 8.73. The second kappa shape index (κ2) is 6.51. The van der Waals surface area contributed by atoms with Gasteiger partial charge >= 0.3 is 0 Å². The van der Waals surface area contributed by atoms with Gasteiger partial charge in [-0.3, -0.25) is 0 Å². The average molecular weight is 251 g/mol. The summed E-state index contributed by atoms with van der Waals surface area (Å²) in [6, 6.07) is 2.49. The van der Waals surface area contributed by atoms with Gasteiger partial charge in [0.1, 0.15) is 5.82 Å². The number of anilines is 2. The van der Waals surface area contributed by atoms with E-state index in [0.717, 1.165) is 25.3 Å². The van der Waals surface area contributed by atoms with Gasteiger partial charge in [-0.05, 0) is 26.0 Å². The molecule has 1 atom stereocenters. The van der Waals surface area contributed by atoms with Crippen molar-refractivity contribution < 1.29 is 5.11 Å². The minimum Gasteiger partial charge on any atom is -0.396 e. The molecule has 2 heterocycles. The van der Waals surface area contributed by atoms with Crippen molar-refractivity contribution in [2.75, 3.05) is 43.5 Å². The predicted octanol–water partition coefficient (Wildman–Crippen LogP) is 0.0690. The second-order valence-electron chi connectivity index (χ2n) is 4.46. The highest BCUT2D eigenvalue weighted by atomic mass is 16.3. The Morgan fingerprint density at radius 1 is 1.56 bits per heavy atom. The van der Waals surface area contributed by atoms with Crippen LogP contribution in [0.4, 0.5) is 11.8 Å². The maximum absolute atomic E-state index is 8.73. The third kappa shape index (κ3) is 3.30. The first kappa shape index (κ1) is 13.0. The summed E-state index contributed by atoms with van der Waals surface area (Å²) in [7, 11) is 2.00. The molecule has 0 aromatic carbocycles. The molecular formula is C12H21N5O. The summed E-state index contributed by atoms with van der Waals surface area (Å²) in [6.07, 6.45) is 3.63. The Bertz CT molecular complexity index is 373. The number of nitrogens with zero attached hydrogens (tertiary/aromatic N) is 3. The molecule has 2 rings (SSSR count). The summed E-state index contributed by atoms with van der Waals surface area (Å²) in [5.41, 5.74) is 0. The number of nitrogens with one attached hydrogen (secondary N) is 2. The summed E-state index contributed by atoms with van der Waals surface area (Å²) in [5, 5.41) is 15.1. The van der Waals surface area contributed by atoms with Crippen LogP contribution in [0.25, 0.3) is 0 Å². The van der Waals surface area contributed by atoms with Crippen molar-refractivity contribution in [3.05, 3.63) is 12.3 Å². The van der Waals surface area contributed by atoms with Gasteiger partial charge in [0.2, 0.25) is 5.95 Å². The molecule has 0 bridgehead atoms. The van der Waals surface area contributed by atoms with E-state index in [9.17, 15) is 0 Å². The quantitative estimate of drug-likeness (QED) is 0.621. The van der Waals surface area contributed by atoms with Gasteiger partial charge in [0, 0.05) is 38.5 Å². The van der Waals surface area contributed by atoms with Crippen molar-refractivity contribution in [3.8, 4) is 0 Å². The zero-order chi connectivity index (χ0) is 12.8. The largest absolute Gasteiger partial charge is 0.396 e. The fourth-order valence-electron chi connectivity index (χ4n) is 2.09. The lowest BCUT2D eigenvalue weighted by Gasteiger charge is -2.17. The van der Waals surface area contributed by atoms with Crippen LogP contribution in [0.5, 0.6) is 0 Å². The Hall–Kier alpha value is -1.40. The van der Waals surface area contributed by atoms with Crippen molar-refractivity contribution in [2.24, 2.45) is 0 Å². The standard InChI is InChI=1S/C12H21N5O/c1-13-10-4-7-17(9-10)11-3-6-15-12(16-11)14-5-2-8-18/h3,6,10,13,18H,2,4-5,7-9H2,1H3,(H,14,15,16)/t10-/m0/s1. The molecule has 1 aromatic rings. The van der Waals surface area contributed by atoms with Gasteiger partial charge in [-0.1, -0.05) is 0 Å². The van der Waals surface area contributed by atoms with Gasteiger partial charge < -0.3 is 20.6 Å². The molecule has 0 spiro atoms. The molecule has 0 unspecified atom stereocenters. The molecule has 1 aliphatic heterocycles. The molecule has 1 fully saturated rings. The molecule has 0 amide bonds. The Morgan fingerprint density at radius 3 is 3.17 bits per heavy atom. The van der Waals surface area contributed by atoms with Gasteiger partial charge in [-0.25, -0.2) is 4.98 Å². The van der Waals surface area contributed by atoms with E-state index < -0.39 is 0 Å². The SMILES string of the molecule is CN[C@H]1CCN(c2ccnc(NCCCO)n2)C1. The van der Waals surface area contributed by atoms with Crippen molar-refractivity contribution in [3.63, 3.8) is 0 Å². The Balaban J connectivity index is 1.94. The molecule has 1 saturated heterocycles. The summed E-state index contributed by atoms with van der Waals surface area (Å²) < 4.78 is 0. The van der Waals surface area contributed by atoms with Crippen LogP contribution < -0.4 is 15.5 Å². The van der Waals surface area contributed by atoms with Crippen molar-refractivity contribution >= 4 is 11.8 Å². The molecule has 1 aromatic heterocycles. The second-order valence-corrected chi connectivity index (χ2v) is 4.46. The number of hydrogen-bond acceptors (Lipinski definition) is 6. The Kier molecular flexibility index (Phi) is 4.72. The van der Waals surface area contributed by atoms with E-state index in [-0.39, 0.29) is 6.61 Å². The highest BCUT2D eigenvalue weighted by molar-refractivity contribution is 5.43. The number of hydrogen-bond donors (Lipinski definition) is 3. The lowest BCUT2D eigenvalue weighted by molar-refractivity contribution is 0.292. The molecule has 6 heteroatoms. The summed E-state index contributed by atoms with van der Waals surface area (Å²) in [4.78, 5) is 10.9. The van der Waals surface area contributed by atoms with Crippen LogP contribution in [0.2, 0.25) is 0 Å². The minimum atomic E-state index is 0.183. The molecular weight excluding hydrogens is 230 g/mol. The zero-order valence-corrected chi connectivity index (χ0v) is 10.8. The van der Waals surface area contributed by atoms with Crippen molar-refractivity contribution in [1.29, 1.82) is 0 Å². The average Bonchev–Trinajstić information content (AvgIpc) is 2.88. The first-order valence-electron chi connectivity index (χ1n) is 6.43. The van der Waals surface area contributed by atoms with Gasteiger partial charge in [-0.15, -0.1) is 0 Å². The van der Waals surface area contributed by atoms with Gasteiger partial charge in [0.15, 0.2) is 0 Å². The fraction of sp³-hybridized carbons (Fsp3) is 0.667. The van der Waals surface area contributed by atoms with E-state index in [1.165, 1.54) is 0 Å². The van der Waals surface area contributed by atoms with Gasteiger partial charge in [0.05, 0.1) is 0 Å². The van der Waals surface area contributed by atoms with E-state index in [1.54, 1.807) is 6.20 Å². The zero-order valence-electron chi connectivity index (χ0n) is 10.8. The predicted molar refractivity (Wildman–Crippen MR) is 71.9 cm³/mol. The van der Waals surface area contributed by atoms with Crippen LogP contribution in [0.1, 0.15) is 12.8 Å². The molecule has 18 heavy (non-hydrogen) atoms. The molecule has 0 saturated carbocycles. The topological polar surface area (TPSA) is 73.3 Å². The molecule has 6 nitrogen and oxygen atoms in total. The number of aromatic nitrogens is 2. The van der Waals surface area contributed by atoms with E-state index >= 15 is 0 Å². The third-order valence-electron chi connectivity index (χ3n) is 3.18. The smallest absolute Gasteiger partial charge is 0.224 e. The molecule has 100 valence electrons. The summed E-state index contributed by atoms with van der Waals surface area (Å²) in [5.74, 6) is 1.60. The minimum absolute atomic E-state index is 0.183. The van der Waals surface area contributed by atoms with Crippen molar-refractivity contribution in [1.82, 2.24) is 15.3 Å². The number of rotatable bonds is 6. The van der Waals surface area contributed by atoms with Crippen LogP contribution in [0, 0.1) is 0 Å². The highest BCUT2D eigenvalue weighted by Crippen LogP contribution is 2.18. The molecule has 1 aliphatic rings. The van der Waals surface area contributed by atoms with Crippen LogP contribution in [-0.4, -0.2) is 54.4 Å². The van der Waals surface area contributed by atoms with Crippen LogP contribution >= 0.6 is 0 Å². The van der Waals surface area contributed by atoms with Crippen LogP contribution in [0.3, 0.4) is 0 Å². The van der Waals surface area contributed by atoms with E-state index in [1.807, 2.05) is 13.1 Å². The summed E-state index contributed by atoms with van der Waals surface area (Å²) in [6.45, 7) is 2.89. The van der Waals surface area contributed by atoms with Crippen LogP contribution in [0.15, 0.2) is 12.3 Å². The Labute approximate surface area is 107 Å². The van der Waals surface area contributed by atoms with Gasteiger partial charge in [0.25, 0.3) is 0 Å². The summed E-state index contributed by atoms with van der Waals surface area (Å²) >= 11 is 0. The lowest BCUT2D eigenvalue weighted by atomic mass is 10.3. The van der Waals surface area contributed by atoms with E-state index in [0.29, 0.717) is 25.0 Å². The Morgan fingerprint density at radius 2 is 2.44 bits per heavy atom. The lowest BCUT2D eigenvalue weighted by Crippen LogP contribution is -2.30. The first-order chi connectivity index (χ1) is 8.83. The molecule has 0 radical (unpaired) electrons. The van der Waals surface area contributed by atoms with E-state index in [2.05, 4.69) is 25.5 Å². The fourth-order valence-corrected chi connectivity index (χ4v) is 2.09. The molecule has 3 N–H and O–H groups in total. The van der Waals surface area contributed by atoms with Crippen molar-refractivity contribution in [2.45, 2.75) is 18.9 Å². The highest BCUT2D eigenvalue weighted by Gasteiger charge is 2.22. The first-order valence-corrected chi connectivity index (χ1v) is 6.43. The van der Waals surface area contributed by atoms with E-state index in [4.69, 9.17) is 5.11 Å². The monoisotopic (exact) mass is 251 g/mol. The number of aliphatic hydroxyl groups excluding tert-OH is 1.